The molecule has 4 N–H and O–H groups in total. The van der Waals surface area contributed by atoms with E-state index in [2.05, 4.69) is 22.1 Å². The fourth-order valence-electron chi connectivity index (χ4n) is 3.13. The van der Waals surface area contributed by atoms with E-state index in [0.29, 0.717) is 0 Å². The smallest absolute Gasteiger partial charge is 0.143 e. The van der Waals surface area contributed by atoms with E-state index in [9.17, 15) is 21.0 Å². The lowest BCUT2D eigenvalue weighted by molar-refractivity contribution is 0.581. The van der Waals surface area contributed by atoms with E-state index in [-0.39, 0.29) is 66.6 Å². The fourth-order valence-corrected chi connectivity index (χ4v) is 5.22. The lowest BCUT2D eigenvalue weighted by Gasteiger charge is -2.12. The average Bonchev–Trinajstić information content (AvgIpc) is 3.56. The Morgan fingerprint density at radius 2 is 1.03 bits per heavy atom. The van der Waals surface area contributed by atoms with Gasteiger partial charge in [0.25, 0.3) is 0 Å². The standard InChI is InChI=1S/C22H10N8O2S2/c23-7-11-17(15-3-1-5-31-15)13(9-25)21(29-19(11)27)33-34-22-14(10-26)18(16-4-2-6-32-16)12(8-24)20(28)30-22/h1-6H,(H2,27,29)(H2,28,30). The van der Waals surface area contributed by atoms with Crippen LogP contribution in [0.2, 0.25) is 0 Å². The molecule has 4 aromatic rings. The van der Waals surface area contributed by atoms with Crippen LogP contribution in [-0.2, 0) is 0 Å². The molecule has 0 saturated carbocycles. The van der Waals surface area contributed by atoms with Crippen LogP contribution in [0.3, 0.4) is 0 Å². The van der Waals surface area contributed by atoms with Crippen LogP contribution in [0.1, 0.15) is 22.3 Å². The average molecular weight is 483 g/mol. The molecule has 10 nitrogen and oxygen atoms in total. The third kappa shape index (κ3) is 3.76. The number of nitrogens with zero attached hydrogens (tertiary/aromatic N) is 6. The van der Waals surface area contributed by atoms with E-state index in [1.54, 1.807) is 24.3 Å². The molecule has 34 heavy (non-hydrogen) atoms. The number of hydrogen-bond acceptors (Lipinski definition) is 12. The predicted molar refractivity (Wildman–Crippen MR) is 123 cm³/mol. The van der Waals surface area contributed by atoms with Gasteiger partial charge in [0.05, 0.1) is 34.8 Å². The monoisotopic (exact) mass is 482 g/mol. The largest absolute Gasteiger partial charge is 0.464 e. The van der Waals surface area contributed by atoms with Gasteiger partial charge in [-0.2, -0.15) is 21.0 Å². The van der Waals surface area contributed by atoms with Crippen LogP contribution in [0.5, 0.6) is 0 Å². The third-order valence-electron chi connectivity index (χ3n) is 4.57. The molecule has 0 fully saturated rings. The number of anilines is 2. The van der Waals surface area contributed by atoms with Crippen molar-refractivity contribution in [3.05, 3.63) is 59.0 Å². The van der Waals surface area contributed by atoms with Gasteiger partial charge in [-0.1, -0.05) is 0 Å². The molecule has 4 heterocycles. The summed E-state index contributed by atoms with van der Waals surface area (Å²) in [7, 11) is 1.99. The topological polar surface area (TPSA) is 199 Å². The number of pyridine rings is 2. The van der Waals surface area contributed by atoms with Crippen LogP contribution in [-0.4, -0.2) is 9.97 Å². The summed E-state index contributed by atoms with van der Waals surface area (Å²) in [4.78, 5) is 8.41. The molecule has 0 aliphatic heterocycles. The fraction of sp³-hybridized carbons (Fsp3) is 0. The number of nitriles is 4. The molecule has 4 rings (SSSR count). The van der Waals surface area contributed by atoms with Crippen molar-refractivity contribution in [2.45, 2.75) is 10.1 Å². The lowest BCUT2D eigenvalue weighted by atomic mass is 10.0. The number of nitrogen functional groups attached to an aromatic ring is 2. The number of aromatic nitrogens is 2. The predicted octanol–water partition coefficient (Wildman–Crippen LogP) is 4.45. The van der Waals surface area contributed by atoms with Crippen LogP contribution in [0.15, 0.2) is 55.7 Å². The Morgan fingerprint density at radius 3 is 1.32 bits per heavy atom. The molecule has 162 valence electrons. The summed E-state index contributed by atoms with van der Waals surface area (Å²) in [5.41, 5.74) is 12.6. The summed E-state index contributed by atoms with van der Waals surface area (Å²) in [6, 6.07) is 14.5. The molecule has 0 aromatic carbocycles. The molecule has 0 saturated heterocycles. The highest BCUT2D eigenvalue weighted by Gasteiger charge is 2.25. The van der Waals surface area contributed by atoms with E-state index < -0.39 is 0 Å². The summed E-state index contributed by atoms with van der Waals surface area (Å²) >= 11 is 0. The van der Waals surface area contributed by atoms with Gasteiger partial charge in [-0.25, -0.2) is 9.97 Å². The number of hydrogen-bond donors (Lipinski definition) is 2. The zero-order valence-corrected chi connectivity index (χ0v) is 18.6. The van der Waals surface area contributed by atoms with Crippen LogP contribution < -0.4 is 11.5 Å². The van der Waals surface area contributed by atoms with Crippen molar-refractivity contribution in [2.24, 2.45) is 0 Å². The van der Waals surface area contributed by atoms with Crippen LogP contribution in [0.25, 0.3) is 22.6 Å². The Bertz CT molecular complexity index is 1450. The van der Waals surface area contributed by atoms with E-state index in [1.165, 1.54) is 12.5 Å². The highest BCUT2D eigenvalue weighted by Crippen LogP contribution is 2.45. The molecule has 0 unspecified atom stereocenters. The van der Waals surface area contributed by atoms with Crippen LogP contribution in [0, 0.1) is 45.3 Å². The van der Waals surface area contributed by atoms with E-state index in [0.717, 1.165) is 21.6 Å². The maximum absolute atomic E-state index is 9.85. The minimum absolute atomic E-state index is 0.0133. The SMILES string of the molecule is N#Cc1c(N)nc(SSc2nc(N)c(C#N)c(-c3ccco3)c2C#N)c(C#N)c1-c1ccco1. The highest BCUT2D eigenvalue weighted by atomic mass is 33.1. The normalized spacial score (nSPS) is 10.1. The maximum Gasteiger partial charge on any atom is 0.143 e. The second-order valence-corrected chi connectivity index (χ2v) is 8.53. The van der Waals surface area contributed by atoms with E-state index in [4.69, 9.17) is 20.3 Å². The highest BCUT2D eigenvalue weighted by molar-refractivity contribution is 8.76. The number of furan rings is 2. The summed E-state index contributed by atoms with van der Waals surface area (Å²) < 4.78 is 10.8. The molecule has 0 atom stereocenters. The van der Waals surface area contributed by atoms with Crippen LogP contribution >= 0.6 is 21.6 Å². The zero-order chi connectivity index (χ0) is 24.2. The first-order chi connectivity index (χ1) is 16.5. The van der Waals surface area contributed by atoms with Crippen molar-refractivity contribution in [3.8, 4) is 46.9 Å². The van der Waals surface area contributed by atoms with Gasteiger partial charge < -0.3 is 20.3 Å². The summed E-state index contributed by atoms with van der Waals surface area (Å²) in [5.74, 6) is 0.403. The van der Waals surface area contributed by atoms with Gasteiger partial charge in [-0.3, -0.25) is 0 Å². The van der Waals surface area contributed by atoms with E-state index >= 15 is 0 Å². The van der Waals surface area contributed by atoms with Crippen molar-refractivity contribution in [2.75, 3.05) is 11.5 Å². The Labute approximate surface area is 200 Å². The summed E-state index contributed by atoms with van der Waals surface area (Å²) in [6.07, 6.45) is 2.82. The third-order valence-corrected chi connectivity index (χ3v) is 6.75. The molecule has 0 amide bonds. The van der Waals surface area contributed by atoms with Crippen molar-refractivity contribution in [1.82, 2.24) is 9.97 Å². The summed E-state index contributed by atoms with van der Waals surface area (Å²) in [5, 5.41) is 39.2. The van der Waals surface area contributed by atoms with E-state index in [1.807, 2.05) is 12.1 Å². The Hall–Kier alpha value is -4.88. The molecule has 4 aromatic heterocycles. The lowest BCUT2D eigenvalue weighted by Crippen LogP contribution is -2.03. The van der Waals surface area contributed by atoms with Crippen molar-refractivity contribution >= 4 is 33.2 Å². The first kappa shape index (κ1) is 22.3. The first-order valence-corrected chi connectivity index (χ1v) is 11.4. The van der Waals surface area contributed by atoms with Gasteiger partial charge in [0.2, 0.25) is 0 Å². The molecular formula is C22H10N8O2S2. The van der Waals surface area contributed by atoms with Gasteiger partial charge in [0.15, 0.2) is 0 Å². The van der Waals surface area contributed by atoms with Crippen molar-refractivity contribution < 1.29 is 8.83 Å². The second kappa shape index (κ2) is 9.32. The Balaban J connectivity index is 1.83. The second-order valence-electron chi connectivity index (χ2n) is 6.42. The molecular weight excluding hydrogens is 472 g/mol. The van der Waals surface area contributed by atoms with Crippen LogP contribution in [0.4, 0.5) is 11.6 Å². The van der Waals surface area contributed by atoms with Crippen molar-refractivity contribution in [3.63, 3.8) is 0 Å². The molecule has 12 heteroatoms. The summed E-state index contributed by atoms with van der Waals surface area (Å²) in [6.45, 7) is 0. The minimum Gasteiger partial charge on any atom is -0.464 e. The molecule has 0 aliphatic carbocycles. The van der Waals surface area contributed by atoms with Gasteiger partial charge in [0, 0.05) is 0 Å². The molecule has 0 spiro atoms. The molecule has 0 bridgehead atoms. The minimum atomic E-state index is -0.0833. The van der Waals surface area contributed by atoms with Gasteiger partial charge >= 0.3 is 0 Å². The quantitative estimate of drug-likeness (QED) is 0.379. The van der Waals surface area contributed by atoms with Crippen molar-refractivity contribution in [1.29, 1.82) is 21.0 Å². The Morgan fingerprint density at radius 1 is 0.647 bits per heavy atom. The van der Waals surface area contributed by atoms with Gasteiger partial charge in [-0.15, -0.1) is 0 Å². The number of nitrogens with two attached hydrogens (primary N) is 2. The zero-order valence-electron chi connectivity index (χ0n) is 16.9. The Kier molecular flexibility index (Phi) is 6.11. The maximum atomic E-state index is 9.85. The van der Waals surface area contributed by atoms with Gasteiger partial charge in [0.1, 0.15) is 68.6 Å². The first-order valence-electron chi connectivity index (χ1n) is 9.23. The molecule has 0 radical (unpaired) electrons. The van der Waals surface area contributed by atoms with Gasteiger partial charge in [-0.05, 0) is 45.9 Å². The molecule has 0 aliphatic rings. The number of rotatable bonds is 5.